The van der Waals surface area contributed by atoms with E-state index in [0.717, 1.165) is 12.1 Å². The average Bonchev–Trinajstić information content (AvgIpc) is 2.58. The van der Waals surface area contributed by atoms with Crippen LogP contribution >= 0.6 is 11.8 Å². The first-order valence-corrected chi connectivity index (χ1v) is 7.86. The molecule has 0 saturated heterocycles. The molecule has 0 radical (unpaired) electrons. The van der Waals surface area contributed by atoms with Gasteiger partial charge in [-0.2, -0.15) is 0 Å². The van der Waals surface area contributed by atoms with Crippen molar-refractivity contribution >= 4 is 17.7 Å². The second-order valence-corrected chi connectivity index (χ2v) is 5.92. The third-order valence-corrected chi connectivity index (χ3v) is 3.94. The lowest BCUT2D eigenvalue weighted by atomic mass is 10.3. The topological polar surface area (TPSA) is 78.1 Å². The SMILES string of the molecule is NC(=O)c1ncc(Sc2ccccn2)cc1Oc1ccc(F)cc1F. The monoisotopic (exact) mass is 359 g/mol. The Morgan fingerprint density at radius 3 is 2.60 bits per heavy atom. The summed E-state index contributed by atoms with van der Waals surface area (Å²) in [6, 6.07) is 9.74. The van der Waals surface area contributed by atoms with E-state index in [1.165, 1.54) is 24.0 Å². The van der Waals surface area contributed by atoms with Crippen LogP contribution in [0.15, 0.2) is 64.8 Å². The van der Waals surface area contributed by atoms with E-state index in [-0.39, 0.29) is 17.2 Å². The van der Waals surface area contributed by atoms with Crippen LogP contribution in [0.1, 0.15) is 10.5 Å². The van der Waals surface area contributed by atoms with Gasteiger partial charge in [-0.05, 0) is 30.3 Å². The van der Waals surface area contributed by atoms with Gasteiger partial charge in [-0.15, -0.1) is 0 Å². The number of aromatic nitrogens is 2. The minimum absolute atomic E-state index is 0.0288. The lowest BCUT2D eigenvalue weighted by Gasteiger charge is -2.11. The fraction of sp³-hybridized carbons (Fsp3) is 0. The van der Waals surface area contributed by atoms with Crippen LogP contribution < -0.4 is 10.5 Å². The van der Waals surface area contributed by atoms with Gasteiger partial charge in [-0.3, -0.25) is 4.79 Å². The van der Waals surface area contributed by atoms with Crippen LogP contribution in [0.3, 0.4) is 0 Å². The fourth-order valence-electron chi connectivity index (χ4n) is 1.95. The van der Waals surface area contributed by atoms with Crippen LogP contribution in [0.5, 0.6) is 11.5 Å². The molecule has 1 amide bonds. The predicted molar refractivity (Wildman–Crippen MR) is 87.5 cm³/mol. The molecule has 0 aliphatic carbocycles. The second-order valence-electron chi connectivity index (χ2n) is 4.83. The summed E-state index contributed by atoms with van der Waals surface area (Å²) in [5.41, 5.74) is 5.12. The molecule has 0 aliphatic rings. The molecule has 0 bridgehead atoms. The van der Waals surface area contributed by atoms with Crippen LogP contribution in [0.4, 0.5) is 8.78 Å². The summed E-state index contributed by atoms with van der Waals surface area (Å²) >= 11 is 1.28. The molecule has 5 nitrogen and oxygen atoms in total. The lowest BCUT2D eigenvalue weighted by molar-refractivity contribution is 0.0993. The van der Waals surface area contributed by atoms with Gasteiger partial charge >= 0.3 is 0 Å². The average molecular weight is 359 g/mol. The third-order valence-electron chi connectivity index (χ3n) is 3.04. The maximum Gasteiger partial charge on any atom is 0.271 e. The second kappa shape index (κ2) is 7.27. The molecule has 0 unspecified atom stereocenters. The maximum atomic E-state index is 13.8. The van der Waals surface area contributed by atoms with Gasteiger partial charge in [0.25, 0.3) is 5.91 Å². The highest BCUT2D eigenvalue weighted by atomic mass is 32.2. The van der Waals surface area contributed by atoms with Gasteiger partial charge in [-0.25, -0.2) is 18.7 Å². The molecule has 126 valence electrons. The summed E-state index contributed by atoms with van der Waals surface area (Å²) in [5, 5.41) is 0.704. The molecule has 0 atom stereocenters. The summed E-state index contributed by atoms with van der Waals surface area (Å²) in [7, 11) is 0. The Kier molecular flexibility index (Phi) is 4.90. The third kappa shape index (κ3) is 4.10. The van der Waals surface area contributed by atoms with Gasteiger partial charge < -0.3 is 10.5 Å². The van der Waals surface area contributed by atoms with Crippen LogP contribution in [0, 0.1) is 11.6 Å². The highest BCUT2D eigenvalue weighted by Gasteiger charge is 2.16. The Balaban J connectivity index is 1.94. The lowest BCUT2D eigenvalue weighted by Crippen LogP contribution is -2.14. The van der Waals surface area contributed by atoms with Crippen molar-refractivity contribution in [1.29, 1.82) is 0 Å². The Bertz CT molecular complexity index is 923. The molecule has 0 aliphatic heterocycles. The minimum Gasteiger partial charge on any atom is -0.452 e. The van der Waals surface area contributed by atoms with Gasteiger partial charge in [0.1, 0.15) is 10.8 Å². The van der Waals surface area contributed by atoms with Crippen LogP contribution in [-0.2, 0) is 0 Å². The van der Waals surface area contributed by atoms with Crippen molar-refractivity contribution in [3.05, 3.63) is 72.2 Å². The number of rotatable bonds is 5. The van der Waals surface area contributed by atoms with E-state index in [2.05, 4.69) is 9.97 Å². The number of pyridine rings is 2. The Morgan fingerprint density at radius 2 is 1.92 bits per heavy atom. The molecule has 3 aromatic rings. The highest BCUT2D eigenvalue weighted by molar-refractivity contribution is 7.99. The van der Waals surface area contributed by atoms with Gasteiger partial charge in [0.05, 0.1) is 0 Å². The van der Waals surface area contributed by atoms with E-state index >= 15 is 0 Å². The first kappa shape index (κ1) is 16.8. The zero-order valence-electron chi connectivity index (χ0n) is 12.6. The quantitative estimate of drug-likeness (QED) is 0.750. The molecule has 25 heavy (non-hydrogen) atoms. The van der Waals surface area contributed by atoms with Crippen LogP contribution in [-0.4, -0.2) is 15.9 Å². The van der Waals surface area contributed by atoms with Crippen molar-refractivity contribution in [3.63, 3.8) is 0 Å². The van der Waals surface area contributed by atoms with Crippen molar-refractivity contribution in [1.82, 2.24) is 9.97 Å². The zero-order chi connectivity index (χ0) is 17.8. The van der Waals surface area contributed by atoms with Crippen LogP contribution in [0.25, 0.3) is 0 Å². The summed E-state index contributed by atoms with van der Waals surface area (Å²) in [4.78, 5) is 20.3. The van der Waals surface area contributed by atoms with Crippen LogP contribution in [0.2, 0.25) is 0 Å². The Hall–Kier alpha value is -3.00. The first-order valence-electron chi connectivity index (χ1n) is 7.04. The summed E-state index contributed by atoms with van der Waals surface area (Å²) in [6.45, 7) is 0. The number of hydrogen-bond donors (Lipinski definition) is 1. The molecule has 3 rings (SSSR count). The molecule has 8 heteroatoms. The van der Waals surface area contributed by atoms with Crippen molar-refractivity contribution in [3.8, 4) is 11.5 Å². The number of benzene rings is 1. The van der Waals surface area contributed by atoms with Gasteiger partial charge in [0.2, 0.25) is 0 Å². The Labute approximate surface area is 145 Å². The van der Waals surface area contributed by atoms with E-state index in [9.17, 15) is 13.6 Å². The van der Waals surface area contributed by atoms with Gasteiger partial charge in [0, 0.05) is 23.4 Å². The van der Waals surface area contributed by atoms with Crippen molar-refractivity contribution in [2.24, 2.45) is 5.73 Å². The number of carbonyl (C=O) groups excluding carboxylic acids is 1. The molecule has 0 saturated carbocycles. The fourth-order valence-corrected chi connectivity index (χ4v) is 2.72. The number of nitrogens with two attached hydrogens (primary N) is 1. The molecule has 1 aromatic carbocycles. The minimum atomic E-state index is -0.904. The van der Waals surface area contributed by atoms with E-state index in [1.807, 2.05) is 6.07 Å². The highest BCUT2D eigenvalue weighted by Crippen LogP contribution is 2.32. The van der Waals surface area contributed by atoms with E-state index in [0.29, 0.717) is 16.0 Å². The van der Waals surface area contributed by atoms with E-state index in [1.54, 1.807) is 18.3 Å². The number of nitrogens with zero attached hydrogens (tertiary/aromatic N) is 2. The van der Waals surface area contributed by atoms with Crippen molar-refractivity contribution in [2.45, 2.75) is 9.92 Å². The number of carbonyl (C=O) groups is 1. The molecule has 0 spiro atoms. The van der Waals surface area contributed by atoms with E-state index < -0.39 is 17.5 Å². The van der Waals surface area contributed by atoms with E-state index in [4.69, 9.17) is 10.5 Å². The van der Waals surface area contributed by atoms with Gasteiger partial charge in [0.15, 0.2) is 23.0 Å². The zero-order valence-corrected chi connectivity index (χ0v) is 13.5. The standard InChI is InChI=1S/C17H11F2N3O2S/c18-10-4-5-13(12(19)7-10)24-14-8-11(9-22-16(14)17(20)23)25-15-3-1-2-6-21-15/h1-9H,(H2,20,23). The number of hydrogen-bond acceptors (Lipinski definition) is 5. The predicted octanol–water partition coefficient (Wildman–Crippen LogP) is 3.80. The van der Waals surface area contributed by atoms with Crippen molar-refractivity contribution in [2.75, 3.05) is 0 Å². The number of ether oxygens (including phenoxy) is 1. The molecule has 0 fully saturated rings. The Morgan fingerprint density at radius 1 is 1.08 bits per heavy atom. The first-order chi connectivity index (χ1) is 12.0. The molecular formula is C17H11F2N3O2S. The number of primary amides is 1. The molecule has 2 aromatic heterocycles. The van der Waals surface area contributed by atoms with Crippen molar-refractivity contribution < 1.29 is 18.3 Å². The summed E-state index contributed by atoms with van der Waals surface area (Å²) in [5.74, 6) is -2.74. The summed E-state index contributed by atoms with van der Waals surface area (Å²) in [6.07, 6.45) is 3.08. The number of halogens is 2. The smallest absolute Gasteiger partial charge is 0.271 e. The normalized spacial score (nSPS) is 10.5. The largest absolute Gasteiger partial charge is 0.452 e. The van der Waals surface area contributed by atoms with Gasteiger partial charge in [-0.1, -0.05) is 17.8 Å². The molecule has 2 N–H and O–H groups in total. The summed E-state index contributed by atoms with van der Waals surface area (Å²) < 4.78 is 32.2. The maximum absolute atomic E-state index is 13.8. The number of amides is 1. The molecule has 2 heterocycles. The molecular weight excluding hydrogens is 348 g/mol.